The number of nitrogens with one attached hydrogen (secondary N) is 1. The minimum Gasteiger partial charge on any atom is -0.362 e. The van der Waals surface area contributed by atoms with Crippen LogP contribution >= 0.6 is 11.8 Å². The fourth-order valence-electron chi connectivity index (χ4n) is 3.48. The van der Waals surface area contributed by atoms with Crippen LogP contribution in [-0.4, -0.2) is 23.5 Å². The smallest absolute Gasteiger partial charge is 0.156 e. The molecule has 2 saturated carbocycles. The first-order valence-corrected chi connectivity index (χ1v) is 8.34. The van der Waals surface area contributed by atoms with Crippen LogP contribution in [0.5, 0.6) is 0 Å². The van der Waals surface area contributed by atoms with E-state index in [1.54, 1.807) is 0 Å². The second kappa shape index (κ2) is 5.64. The molecule has 17 heavy (non-hydrogen) atoms. The third kappa shape index (κ3) is 2.98. The maximum absolute atomic E-state index is 4.82. The third-order valence-electron chi connectivity index (χ3n) is 4.62. The summed E-state index contributed by atoms with van der Waals surface area (Å²) in [6, 6.07) is 0.743. The number of nitrogens with zero attached hydrogens (tertiary/aromatic N) is 1. The first-order chi connectivity index (χ1) is 8.42. The van der Waals surface area contributed by atoms with Crippen molar-refractivity contribution in [3.63, 3.8) is 0 Å². The standard InChI is InChI=1S/C14H24N2S/c1-2-6-11(5-1)9-15-14-16-13-8-4-3-7-12(13)10-17-14/h11-13H,1-10H2,(H,15,16). The highest BCUT2D eigenvalue weighted by Gasteiger charge is 2.30. The molecule has 3 heteroatoms. The molecule has 0 amide bonds. The molecule has 0 aromatic rings. The molecule has 0 aromatic heterocycles. The van der Waals surface area contributed by atoms with Gasteiger partial charge in [-0.3, -0.25) is 4.99 Å². The highest BCUT2D eigenvalue weighted by Crippen LogP contribution is 2.32. The Morgan fingerprint density at radius 3 is 2.71 bits per heavy atom. The molecular weight excluding hydrogens is 228 g/mol. The van der Waals surface area contributed by atoms with E-state index in [0.29, 0.717) is 0 Å². The topological polar surface area (TPSA) is 24.4 Å². The summed E-state index contributed by atoms with van der Waals surface area (Å²) in [6.07, 6.45) is 11.3. The lowest BCUT2D eigenvalue weighted by Crippen LogP contribution is -2.46. The molecule has 0 radical (unpaired) electrons. The van der Waals surface area contributed by atoms with E-state index in [1.807, 2.05) is 11.8 Å². The van der Waals surface area contributed by atoms with Gasteiger partial charge < -0.3 is 5.32 Å². The average Bonchev–Trinajstić information content (AvgIpc) is 2.89. The van der Waals surface area contributed by atoms with Gasteiger partial charge in [0.15, 0.2) is 5.17 Å². The number of hydrogen-bond acceptors (Lipinski definition) is 2. The van der Waals surface area contributed by atoms with Crippen LogP contribution in [0, 0.1) is 11.8 Å². The monoisotopic (exact) mass is 252 g/mol. The number of aliphatic imine (C=N–C) groups is 1. The molecule has 96 valence electrons. The molecule has 0 aromatic carbocycles. The number of fused-ring (bicyclic) bond motifs is 1. The number of rotatable bonds is 2. The summed E-state index contributed by atoms with van der Waals surface area (Å²) in [5, 5.41) is 4.94. The van der Waals surface area contributed by atoms with E-state index in [2.05, 4.69) is 5.32 Å². The Bertz CT molecular complexity index is 284. The third-order valence-corrected chi connectivity index (χ3v) is 5.74. The van der Waals surface area contributed by atoms with Gasteiger partial charge in [-0.05, 0) is 37.5 Å². The SMILES string of the molecule is C1CCC(CN=C2NC3CCCCC3CS2)C1. The highest BCUT2D eigenvalue weighted by molar-refractivity contribution is 8.13. The van der Waals surface area contributed by atoms with Crippen LogP contribution in [0.25, 0.3) is 0 Å². The van der Waals surface area contributed by atoms with E-state index in [1.165, 1.54) is 62.3 Å². The molecular formula is C14H24N2S. The largest absolute Gasteiger partial charge is 0.362 e. The molecule has 1 saturated heterocycles. The number of amidine groups is 1. The number of thioether (sulfide) groups is 1. The normalized spacial score (nSPS) is 36.8. The Kier molecular flexibility index (Phi) is 3.94. The Morgan fingerprint density at radius 2 is 1.82 bits per heavy atom. The molecule has 2 nitrogen and oxygen atoms in total. The summed E-state index contributed by atoms with van der Waals surface area (Å²) in [5.74, 6) is 3.11. The van der Waals surface area contributed by atoms with Gasteiger partial charge in [-0.1, -0.05) is 37.4 Å². The van der Waals surface area contributed by atoms with Gasteiger partial charge in [0, 0.05) is 18.3 Å². The summed E-state index contributed by atoms with van der Waals surface area (Å²) >= 11 is 1.97. The van der Waals surface area contributed by atoms with Crippen LogP contribution in [0.1, 0.15) is 51.4 Å². The molecule has 0 spiro atoms. The van der Waals surface area contributed by atoms with Gasteiger partial charge >= 0.3 is 0 Å². The van der Waals surface area contributed by atoms with E-state index >= 15 is 0 Å². The van der Waals surface area contributed by atoms with Crippen molar-refractivity contribution in [1.82, 2.24) is 5.32 Å². The summed E-state index contributed by atoms with van der Waals surface area (Å²) < 4.78 is 0. The van der Waals surface area contributed by atoms with E-state index < -0.39 is 0 Å². The van der Waals surface area contributed by atoms with Gasteiger partial charge in [-0.25, -0.2) is 0 Å². The maximum Gasteiger partial charge on any atom is 0.156 e. The summed E-state index contributed by atoms with van der Waals surface area (Å²) in [4.78, 5) is 4.82. The van der Waals surface area contributed by atoms with Gasteiger partial charge in [-0.2, -0.15) is 0 Å². The first-order valence-electron chi connectivity index (χ1n) is 7.35. The second-order valence-electron chi connectivity index (χ2n) is 5.90. The minimum atomic E-state index is 0.743. The Hall–Kier alpha value is -0.180. The fourth-order valence-corrected chi connectivity index (χ4v) is 4.65. The Labute approximate surface area is 109 Å². The fraction of sp³-hybridized carbons (Fsp3) is 0.929. The number of hydrogen-bond donors (Lipinski definition) is 1. The zero-order valence-corrected chi connectivity index (χ0v) is 11.5. The van der Waals surface area contributed by atoms with Crippen LogP contribution in [0.3, 0.4) is 0 Å². The lowest BCUT2D eigenvalue weighted by molar-refractivity contribution is 0.311. The van der Waals surface area contributed by atoms with Crippen molar-refractivity contribution in [2.24, 2.45) is 16.8 Å². The second-order valence-corrected chi connectivity index (χ2v) is 6.91. The summed E-state index contributed by atoms with van der Waals surface area (Å²) in [7, 11) is 0. The van der Waals surface area contributed by atoms with Crippen molar-refractivity contribution >= 4 is 16.9 Å². The van der Waals surface area contributed by atoms with Gasteiger partial charge in [0.25, 0.3) is 0 Å². The molecule has 3 rings (SSSR count). The van der Waals surface area contributed by atoms with Crippen molar-refractivity contribution in [3.8, 4) is 0 Å². The molecule has 3 aliphatic rings. The zero-order valence-electron chi connectivity index (χ0n) is 10.7. The minimum absolute atomic E-state index is 0.743. The Morgan fingerprint density at radius 1 is 1.06 bits per heavy atom. The van der Waals surface area contributed by atoms with Crippen LogP contribution in [0.15, 0.2) is 4.99 Å². The van der Waals surface area contributed by atoms with Gasteiger partial charge in [0.05, 0.1) is 0 Å². The molecule has 2 aliphatic carbocycles. The van der Waals surface area contributed by atoms with Crippen LogP contribution in [0.2, 0.25) is 0 Å². The molecule has 2 unspecified atom stereocenters. The van der Waals surface area contributed by atoms with E-state index in [-0.39, 0.29) is 0 Å². The molecule has 3 fully saturated rings. The van der Waals surface area contributed by atoms with Crippen LogP contribution < -0.4 is 5.32 Å². The van der Waals surface area contributed by atoms with Crippen molar-refractivity contribution in [2.75, 3.05) is 12.3 Å². The molecule has 1 heterocycles. The predicted octanol–water partition coefficient (Wildman–Crippen LogP) is 3.43. The maximum atomic E-state index is 4.82. The van der Waals surface area contributed by atoms with E-state index in [4.69, 9.17) is 4.99 Å². The predicted molar refractivity (Wildman–Crippen MR) is 75.6 cm³/mol. The lowest BCUT2D eigenvalue weighted by Gasteiger charge is -2.37. The molecule has 0 bridgehead atoms. The van der Waals surface area contributed by atoms with Gasteiger partial charge in [0.1, 0.15) is 0 Å². The lowest BCUT2D eigenvalue weighted by atomic mass is 9.86. The molecule has 1 N–H and O–H groups in total. The average molecular weight is 252 g/mol. The van der Waals surface area contributed by atoms with E-state index in [9.17, 15) is 0 Å². The van der Waals surface area contributed by atoms with Crippen LogP contribution in [-0.2, 0) is 0 Å². The van der Waals surface area contributed by atoms with Crippen LogP contribution in [0.4, 0.5) is 0 Å². The van der Waals surface area contributed by atoms with Crippen molar-refractivity contribution < 1.29 is 0 Å². The first kappa shape index (κ1) is 11.9. The van der Waals surface area contributed by atoms with E-state index in [0.717, 1.165) is 24.4 Å². The van der Waals surface area contributed by atoms with Crippen molar-refractivity contribution in [2.45, 2.75) is 57.4 Å². The van der Waals surface area contributed by atoms with Crippen molar-refractivity contribution in [3.05, 3.63) is 0 Å². The summed E-state index contributed by atoms with van der Waals surface area (Å²) in [6.45, 7) is 1.08. The van der Waals surface area contributed by atoms with Crippen molar-refractivity contribution in [1.29, 1.82) is 0 Å². The quantitative estimate of drug-likeness (QED) is 0.814. The molecule has 2 atom stereocenters. The summed E-state index contributed by atoms with van der Waals surface area (Å²) in [5.41, 5.74) is 0. The zero-order chi connectivity index (χ0) is 11.5. The Balaban J connectivity index is 1.52. The van der Waals surface area contributed by atoms with Gasteiger partial charge in [0.2, 0.25) is 0 Å². The highest BCUT2D eigenvalue weighted by atomic mass is 32.2. The van der Waals surface area contributed by atoms with Gasteiger partial charge in [-0.15, -0.1) is 0 Å². The molecule has 1 aliphatic heterocycles.